The Morgan fingerprint density at radius 3 is 2.88 bits per heavy atom. The van der Waals surface area contributed by atoms with Gasteiger partial charge in [0.2, 0.25) is 0 Å². The van der Waals surface area contributed by atoms with Crippen molar-refractivity contribution in [1.29, 1.82) is 0 Å². The number of aryl methyl sites for hydroxylation is 1. The molecule has 0 aliphatic heterocycles. The molecule has 0 amide bonds. The third-order valence-corrected chi connectivity index (χ3v) is 2.65. The molecule has 2 N–H and O–H groups in total. The van der Waals surface area contributed by atoms with Crippen LogP contribution in [0.3, 0.4) is 0 Å². The predicted octanol–water partition coefficient (Wildman–Crippen LogP) is 1.38. The lowest BCUT2D eigenvalue weighted by Gasteiger charge is -2.20. The molecule has 0 saturated carbocycles. The van der Waals surface area contributed by atoms with E-state index < -0.39 is 0 Å². The number of nitrogens with two attached hydrogens (primary N) is 1. The fourth-order valence-corrected chi connectivity index (χ4v) is 1.69. The average molecular weight is 226 g/mol. The standard InChI is InChI=1S/C12H22N2O2/c1-10-11(4-7-16-10)8-14(2)9-12(13)5-6-15-3/h4,7,12H,5-6,8-9,13H2,1-3H3. The Bertz CT molecular complexity index is 299. The highest BCUT2D eigenvalue weighted by atomic mass is 16.5. The molecule has 1 aromatic heterocycles. The zero-order valence-corrected chi connectivity index (χ0v) is 10.4. The molecule has 1 heterocycles. The van der Waals surface area contributed by atoms with Crippen molar-refractivity contribution in [3.8, 4) is 0 Å². The van der Waals surface area contributed by atoms with Crippen LogP contribution in [0.15, 0.2) is 16.7 Å². The average Bonchev–Trinajstić information content (AvgIpc) is 2.61. The summed E-state index contributed by atoms with van der Waals surface area (Å²) in [5.41, 5.74) is 7.21. The highest BCUT2D eigenvalue weighted by Gasteiger charge is 2.09. The first-order valence-corrected chi connectivity index (χ1v) is 5.59. The van der Waals surface area contributed by atoms with Crippen LogP contribution in [0.4, 0.5) is 0 Å². The number of methoxy groups -OCH3 is 1. The molecular weight excluding hydrogens is 204 g/mol. The maximum atomic E-state index is 5.98. The summed E-state index contributed by atoms with van der Waals surface area (Å²) in [5, 5.41) is 0. The number of ether oxygens (including phenoxy) is 1. The van der Waals surface area contributed by atoms with Gasteiger partial charge in [0.15, 0.2) is 0 Å². The van der Waals surface area contributed by atoms with E-state index in [1.54, 1.807) is 13.4 Å². The fourth-order valence-electron chi connectivity index (χ4n) is 1.69. The van der Waals surface area contributed by atoms with Crippen LogP contribution in [-0.4, -0.2) is 38.3 Å². The third-order valence-electron chi connectivity index (χ3n) is 2.65. The van der Waals surface area contributed by atoms with Crippen molar-refractivity contribution in [3.05, 3.63) is 23.7 Å². The molecule has 1 unspecified atom stereocenters. The molecule has 4 nitrogen and oxygen atoms in total. The summed E-state index contributed by atoms with van der Waals surface area (Å²) in [6, 6.07) is 2.17. The van der Waals surface area contributed by atoms with Crippen LogP contribution in [0.1, 0.15) is 17.7 Å². The van der Waals surface area contributed by atoms with Gasteiger partial charge in [-0.3, -0.25) is 0 Å². The Hall–Kier alpha value is -0.840. The summed E-state index contributed by atoms with van der Waals surface area (Å²) >= 11 is 0. The first-order chi connectivity index (χ1) is 7.63. The molecule has 0 fully saturated rings. The molecule has 1 rings (SSSR count). The highest BCUT2D eigenvalue weighted by molar-refractivity contribution is 5.14. The van der Waals surface area contributed by atoms with Gasteiger partial charge >= 0.3 is 0 Å². The number of nitrogens with zero attached hydrogens (tertiary/aromatic N) is 1. The van der Waals surface area contributed by atoms with Crippen molar-refractivity contribution in [2.24, 2.45) is 5.73 Å². The Morgan fingerprint density at radius 2 is 2.31 bits per heavy atom. The lowest BCUT2D eigenvalue weighted by molar-refractivity contribution is 0.179. The number of hydrogen-bond acceptors (Lipinski definition) is 4. The quantitative estimate of drug-likeness (QED) is 0.763. The van der Waals surface area contributed by atoms with Crippen LogP contribution in [0, 0.1) is 6.92 Å². The second kappa shape index (κ2) is 6.68. The second-order valence-electron chi connectivity index (χ2n) is 4.24. The van der Waals surface area contributed by atoms with Crippen LogP contribution in [0.2, 0.25) is 0 Å². The van der Waals surface area contributed by atoms with Crippen LogP contribution >= 0.6 is 0 Å². The van der Waals surface area contributed by atoms with Gasteiger partial charge in [0.05, 0.1) is 6.26 Å². The first kappa shape index (κ1) is 13.2. The SMILES string of the molecule is COCCC(N)CN(C)Cc1ccoc1C. The van der Waals surface area contributed by atoms with Crippen molar-refractivity contribution in [2.75, 3.05) is 27.3 Å². The zero-order chi connectivity index (χ0) is 12.0. The minimum atomic E-state index is 0.164. The fraction of sp³-hybridized carbons (Fsp3) is 0.667. The summed E-state index contributed by atoms with van der Waals surface area (Å²) in [5.74, 6) is 0.984. The molecule has 0 saturated heterocycles. The molecule has 0 spiro atoms. The number of hydrogen-bond donors (Lipinski definition) is 1. The number of furan rings is 1. The van der Waals surface area contributed by atoms with Gasteiger partial charge in [-0.25, -0.2) is 0 Å². The molecule has 16 heavy (non-hydrogen) atoms. The Balaban J connectivity index is 2.30. The summed E-state index contributed by atoms with van der Waals surface area (Å²) in [6.07, 6.45) is 2.62. The van der Waals surface area contributed by atoms with Gasteiger partial charge in [0.25, 0.3) is 0 Å². The van der Waals surface area contributed by atoms with E-state index in [-0.39, 0.29) is 6.04 Å². The predicted molar refractivity (Wildman–Crippen MR) is 64.2 cm³/mol. The molecule has 1 aromatic rings. The second-order valence-corrected chi connectivity index (χ2v) is 4.24. The van der Waals surface area contributed by atoms with Crippen LogP contribution in [-0.2, 0) is 11.3 Å². The molecule has 0 aromatic carbocycles. The molecule has 92 valence electrons. The van der Waals surface area contributed by atoms with Crippen LogP contribution in [0.5, 0.6) is 0 Å². The van der Waals surface area contributed by atoms with Crippen molar-refractivity contribution < 1.29 is 9.15 Å². The zero-order valence-electron chi connectivity index (χ0n) is 10.4. The highest BCUT2D eigenvalue weighted by Crippen LogP contribution is 2.11. The van der Waals surface area contributed by atoms with E-state index in [1.807, 2.05) is 13.0 Å². The van der Waals surface area contributed by atoms with E-state index in [2.05, 4.69) is 11.9 Å². The Morgan fingerprint density at radius 1 is 1.56 bits per heavy atom. The smallest absolute Gasteiger partial charge is 0.105 e. The molecular formula is C12H22N2O2. The summed E-state index contributed by atoms with van der Waals surface area (Å²) < 4.78 is 10.3. The van der Waals surface area contributed by atoms with E-state index in [0.717, 1.165) is 31.9 Å². The minimum Gasteiger partial charge on any atom is -0.469 e. The van der Waals surface area contributed by atoms with Crippen molar-refractivity contribution in [2.45, 2.75) is 25.9 Å². The van der Waals surface area contributed by atoms with Crippen molar-refractivity contribution in [3.63, 3.8) is 0 Å². The van der Waals surface area contributed by atoms with E-state index in [9.17, 15) is 0 Å². The van der Waals surface area contributed by atoms with Crippen molar-refractivity contribution in [1.82, 2.24) is 4.90 Å². The lowest BCUT2D eigenvalue weighted by atomic mass is 10.2. The topological polar surface area (TPSA) is 51.6 Å². The summed E-state index contributed by atoms with van der Waals surface area (Å²) in [7, 11) is 3.77. The summed E-state index contributed by atoms with van der Waals surface area (Å²) in [4.78, 5) is 2.21. The number of likely N-dealkylation sites (N-methyl/N-ethyl adjacent to an activating group) is 1. The molecule has 0 radical (unpaired) electrons. The summed E-state index contributed by atoms with van der Waals surface area (Å²) in [6.45, 7) is 4.45. The third kappa shape index (κ3) is 4.35. The Labute approximate surface area is 97.4 Å². The molecule has 4 heteroatoms. The van der Waals surface area contributed by atoms with Gasteiger partial charge in [-0.1, -0.05) is 0 Å². The van der Waals surface area contributed by atoms with Gasteiger partial charge in [0, 0.05) is 38.4 Å². The minimum absolute atomic E-state index is 0.164. The van der Waals surface area contributed by atoms with E-state index in [0.29, 0.717) is 0 Å². The van der Waals surface area contributed by atoms with Gasteiger partial charge in [-0.15, -0.1) is 0 Å². The first-order valence-electron chi connectivity index (χ1n) is 5.59. The monoisotopic (exact) mass is 226 g/mol. The lowest BCUT2D eigenvalue weighted by Crippen LogP contribution is -2.35. The molecule has 0 bridgehead atoms. The van der Waals surface area contributed by atoms with E-state index in [4.69, 9.17) is 14.9 Å². The van der Waals surface area contributed by atoms with E-state index in [1.165, 1.54) is 5.56 Å². The molecule has 0 aliphatic rings. The van der Waals surface area contributed by atoms with Gasteiger partial charge in [-0.2, -0.15) is 0 Å². The van der Waals surface area contributed by atoms with Crippen molar-refractivity contribution >= 4 is 0 Å². The Kier molecular flexibility index (Phi) is 5.52. The van der Waals surface area contributed by atoms with E-state index >= 15 is 0 Å². The van der Waals surface area contributed by atoms with Gasteiger partial charge in [-0.05, 0) is 26.5 Å². The maximum absolute atomic E-state index is 5.98. The van der Waals surface area contributed by atoms with Crippen LogP contribution in [0.25, 0.3) is 0 Å². The van der Waals surface area contributed by atoms with Gasteiger partial charge < -0.3 is 19.8 Å². The van der Waals surface area contributed by atoms with Crippen LogP contribution < -0.4 is 5.73 Å². The normalized spacial score (nSPS) is 13.3. The largest absolute Gasteiger partial charge is 0.469 e. The molecule has 1 atom stereocenters. The molecule has 0 aliphatic carbocycles. The van der Waals surface area contributed by atoms with Gasteiger partial charge in [0.1, 0.15) is 5.76 Å². The number of rotatable bonds is 7. The maximum Gasteiger partial charge on any atom is 0.105 e.